The van der Waals surface area contributed by atoms with Gasteiger partial charge in [-0.3, -0.25) is 0 Å². The van der Waals surface area contributed by atoms with Gasteiger partial charge in [0.2, 0.25) is 0 Å². The van der Waals surface area contributed by atoms with Crippen molar-refractivity contribution in [1.82, 2.24) is 9.13 Å². The maximum absolute atomic E-state index is 2.47. The Labute approximate surface area is 193 Å². The largest absolute Gasteiger partial charge is 0.317 e. The molecule has 0 N–H and O–H groups in total. The van der Waals surface area contributed by atoms with E-state index >= 15 is 0 Å². The Bertz CT molecular complexity index is 1680. The van der Waals surface area contributed by atoms with Crippen LogP contribution in [-0.4, -0.2) is 9.13 Å². The fourth-order valence-electron chi connectivity index (χ4n) is 5.79. The van der Waals surface area contributed by atoms with Crippen molar-refractivity contribution in [3.05, 3.63) is 121 Å². The topological polar surface area (TPSA) is 9.86 Å². The van der Waals surface area contributed by atoms with Crippen molar-refractivity contribution in [2.45, 2.75) is 19.3 Å². The molecule has 0 spiro atoms. The molecule has 0 atom stereocenters. The fourth-order valence-corrected chi connectivity index (χ4v) is 5.79. The van der Waals surface area contributed by atoms with E-state index in [1.807, 2.05) is 0 Å². The third kappa shape index (κ3) is 2.44. The average molecular weight is 425 g/mol. The number of para-hydroxylation sites is 2. The van der Waals surface area contributed by atoms with Gasteiger partial charge in [-0.2, -0.15) is 0 Å². The molecule has 0 amide bonds. The molecule has 158 valence electrons. The molecule has 0 fully saturated rings. The maximum Gasteiger partial charge on any atom is 0.0763 e. The summed E-state index contributed by atoms with van der Waals surface area (Å²) in [6.45, 7) is 4.71. The summed E-state index contributed by atoms with van der Waals surface area (Å²) in [5, 5.41) is 2.61. The van der Waals surface area contributed by atoms with E-state index in [4.69, 9.17) is 0 Å². The standard InChI is InChI=1S/C31H24N2/c1-31(2)26-16-7-9-18-28(26)32-20-25-24-15-6-8-17-27(24)33(29(25)30(31)32)23-14-10-13-22(19-23)21-11-4-3-5-12-21/h3-20H,1-2H3. The van der Waals surface area contributed by atoms with Gasteiger partial charge in [-0.1, -0.05) is 92.7 Å². The summed E-state index contributed by atoms with van der Waals surface area (Å²) < 4.78 is 4.89. The van der Waals surface area contributed by atoms with Crippen LogP contribution in [0.15, 0.2) is 109 Å². The van der Waals surface area contributed by atoms with E-state index in [2.05, 4.69) is 132 Å². The molecule has 33 heavy (non-hydrogen) atoms. The monoisotopic (exact) mass is 424 g/mol. The smallest absolute Gasteiger partial charge is 0.0763 e. The van der Waals surface area contributed by atoms with Gasteiger partial charge in [0.05, 0.1) is 16.7 Å². The van der Waals surface area contributed by atoms with E-state index in [1.54, 1.807) is 0 Å². The van der Waals surface area contributed by atoms with Crippen LogP contribution >= 0.6 is 0 Å². The molecule has 0 radical (unpaired) electrons. The lowest BCUT2D eigenvalue weighted by Crippen LogP contribution is -2.16. The molecule has 6 aromatic rings. The molecule has 0 aliphatic carbocycles. The second-order valence-corrected chi connectivity index (χ2v) is 9.52. The van der Waals surface area contributed by atoms with E-state index in [0.717, 1.165) is 0 Å². The van der Waals surface area contributed by atoms with Gasteiger partial charge in [0.15, 0.2) is 0 Å². The second kappa shape index (κ2) is 6.49. The highest BCUT2D eigenvalue weighted by atomic mass is 15.1. The SMILES string of the molecule is CC1(C)c2ccccc2-n2cc3c4ccccc4n(-c4cccc(-c5ccccc5)c4)c3c21. The summed E-state index contributed by atoms with van der Waals surface area (Å²) >= 11 is 0. The van der Waals surface area contributed by atoms with Crippen LogP contribution in [0.4, 0.5) is 0 Å². The Kier molecular flexibility index (Phi) is 3.64. The Balaban J connectivity index is 1.59. The molecule has 1 aliphatic rings. The Morgan fingerprint density at radius 1 is 0.636 bits per heavy atom. The predicted octanol–water partition coefficient (Wildman–Crippen LogP) is 7.88. The number of benzene rings is 4. The molecule has 3 heterocycles. The zero-order valence-electron chi connectivity index (χ0n) is 18.8. The third-order valence-corrected chi connectivity index (χ3v) is 7.28. The van der Waals surface area contributed by atoms with Gasteiger partial charge < -0.3 is 9.13 Å². The Morgan fingerprint density at radius 2 is 1.36 bits per heavy atom. The molecule has 0 saturated carbocycles. The molecule has 4 aromatic carbocycles. The van der Waals surface area contributed by atoms with Crippen LogP contribution in [0, 0.1) is 0 Å². The number of aromatic nitrogens is 2. The lowest BCUT2D eigenvalue weighted by Gasteiger charge is -2.21. The number of hydrogen-bond acceptors (Lipinski definition) is 0. The van der Waals surface area contributed by atoms with Crippen LogP contribution in [-0.2, 0) is 5.41 Å². The first kappa shape index (κ1) is 18.5. The lowest BCUT2D eigenvalue weighted by atomic mass is 9.83. The average Bonchev–Trinajstić information content (AvgIpc) is 3.46. The van der Waals surface area contributed by atoms with Gasteiger partial charge in [-0.15, -0.1) is 0 Å². The van der Waals surface area contributed by atoms with Crippen LogP contribution in [0.1, 0.15) is 25.1 Å². The van der Waals surface area contributed by atoms with E-state index in [1.165, 1.54) is 55.6 Å². The van der Waals surface area contributed by atoms with Crippen LogP contribution in [0.3, 0.4) is 0 Å². The van der Waals surface area contributed by atoms with Crippen molar-refractivity contribution in [3.63, 3.8) is 0 Å². The van der Waals surface area contributed by atoms with Crippen molar-refractivity contribution >= 4 is 21.8 Å². The molecular weight excluding hydrogens is 400 g/mol. The lowest BCUT2D eigenvalue weighted by molar-refractivity contribution is 0.646. The number of nitrogens with zero attached hydrogens (tertiary/aromatic N) is 2. The summed E-state index contributed by atoms with van der Waals surface area (Å²) in [7, 11) is 0. The molecule has 1 aliphatic heterocycles. The normalized spacial score (nSPS) is 14.0. The van der Waals surface area contributed by atoms with Crippen LogP contribution in [0.5, 0.6) is 0 Å². The molecule has 2 nitrogen and oxygen atoms in total. The minimum Gasteiger partial charge on any atom is -0.317 e. The van der Waals surface area contributed by atoms with Gasteiger partial charge in [0, 0.05) is 33.8 Å². The first-order valence-corrected chi connectivity index (χ1v) is 11.6. The molecule has 2 aromatic heterocycles. The summed E-state index contributed by atoms with van der Waals surface area (Å²) in [6, 6.07) is 37.2. The minimum atomic E-state index is -0.0818. The van der Waals surface area contributed by atoms with Crippen molar-refractivity contribution < 1.29 is 0 Å². The van der Waals surface area contributed by atoms with Gasteiger partial charge in [0.25, 0.3) is 0 Å². The van der Waals surface area contributed by atoms with E-state index in [0.29, 0.717) is 0 Å². The van der Waals surface area contributed by atoms with Gasteiger partial charge in [-0.05, 0) is 41.0 Å². The highest BCUT2D eigenvalue weighted by Crippen LogP contribution is 2.49. The van der Waals surface area contributed by atoms with Crippen molar-refractivity contribution in [1.29, 1.82) is 0 Å². The van der Waals surface area contributed by atoms with Gasteiger partial charge in [-0.25, -0.2) is 0 Å². The Hall–Kier alpha value is -4.04. The summed E-state index contributed by atoms with van der Waals surface area (Å²) in [6.07, 6.45) is 2.35. The molecule has 0 bridgehead atoms. The molecule has 2 heteroatoms. The third-order valence-electron chi connectivity index (χ3n) is 7.28. The number of fused-ring (bicyclic) bond motifs is 7. The first-order chi connectivity index (χ1) is 16.1. The predicted molar refractivity (Wildman–Crippen MR) is 138 cm³/mol. The molecule has 0 saturated heterocycles. The number of rotatable bonds is 2. The van der Waals surface area contributed by atoms with E-state index in [-0.39, 0.29) is 5.41 Å². The Morgan fingerprint density at radius 3 is 2.24 bits per heavy atom. The van der Waals surface area contributed by atoms with Gasteiger partial charge >= 0.3 is 0 Å². The molecular formula is C31H24N2. The zero-order chi connectivity index (χ0) is 22.2. The highest BCUT2D eigenvalue weighted by molar-refractivity contribution is 6.11. The minimum absolute atomic E-state index is 0.0818. The fraction of sp³-hybridized carbons (Fsp3) is 0.0968. The van der Waals surface area contributed by atoms with Crippen molar-refractivity contribution in [2.24, 2.45) is 0 Å². The molecule has 0 unspecified atom stereocenters. The van der Waals surface area contributed by atoms with Crippen molar-refractivity contribution in [2.75, 3.05) is 0 Å². The van der Waals surface area contributed by atoms with E-state index in [9.17, 15) is 0 Å². The van der Waals surface area contributed by atoms with Crippen molar-refractivity contribution in [3.8, 4) is 22.5 Å². The summed E-state index contributed by atoms with van der Waals surface area (Å²) in [4.78, 5) is 0. The summed E-state index contributed by atoms with van der Waals surface area (Å²) in [5.74, 6) is 0. The number of hydrogen-bond donors (Lipinski definition) is 0. The molecule has 7 rings (SSSR count). The highest BCUT2D eigenvalue weighted by Gasteiger charge is 2.39. The quantitative estimate of drug-likeness (QED) is 0.267. The first-order valence-electron chi connectivity index (χ1n) is 11.6. The van der Waals surface area contributed by atoms with Crippen LogP contribution in [0.25, 0.3) is 44.3 Å². The summed E-state index contributed by atoms with van der Waals surface area (Å²) in [5.41, 5.74) is 10.2. The van der Waals surface area contributed by atoms with Crippen LogP contribution in [0.2, 0.25) is 0 Å². The maximum atomic E-state index is 2.47. The van der Waals surface area contributed by atoms with E-state index < -0.39 is 0 Å². The second-order valence-electron chi connectivity index (χ2n) is 9.52. The zero-order valence-corrected chi connectivity index (χ0v) is 18.8. The van der Waals surface area contributed by atoms with Crippen LogP contribution < -0.4 is 0 Å². The van der Waals surface area contributed by atoms with Gasteiger partial charge in [0.1, 0.15) is 0 Å².